The molecule has 45 heavy (non-hydrogen) atoms. The number of aromatic nitrogens is 3. The standard InChI is InChI=1S/C33H37N7O5/c41-30-9-8-28(31(42)38-30)40-32(43)25-7-6-23(17-26(25)33(40)44)34-12-2-3-20-15-24(16-20)39-19-21(18-35-39)27-4-1-5-29(37-27)36-22-10-13-45-14-11-22/h1,4-7,17-20,22,24,28,34H,2-3,8-16H2,(H,36,37)(H,38,41,42)/t20-,24-,28?. The van der Waals surface area contributed by atoms with Crippen molar-refractivity contribution < 1.29 is 23.9 Å². The number of rotatable bonds is 10. The molecule has 2 aromatic heterocycles. The lowest BCUT2D eigenvalue weighted by Crippen LogP contribution is -2.54. The van der Waals surface area contributed by atoms with Gasteiger partial charge in [0.25, 0.3) is 11.8 Å². The van der Waals surface area contributed by atoms with E-state index in [9.17, 15) is 19.2 Å². The fourth-order valence-electron chi connectivity index (χ4n) is 6.75. The third-order valence-electron chi connectivity index (χ3n) is 9.36. The minimum Gasteiger partial charge on any atom is -0.385 e. The lowest BCUT2D eigenvalue weighted by Gasteiger charge is -2.35. The fraction of sp³-hybridized carbons (Fsp3) is 0.455. The summed E-state index contributed by atoms with van der Waals surface area (Å²) in [4.78, 5) is 55.6. The minimum atomic E-state index is -0.960. The van der Waals surface area contributed by atoms with E-state index in [1.807, 2.05) is 24.4 Å². The van der Waals surface area contributed by atoms with Crippen LogP contribution in [0.1, 0.15) is 78.1 Å². The molecule has 1 atom stereocenters. The normalized spacial score (nSPS) is 23.5. The highest BCUT2D eigenvalue weighted by molar-refractivity contribution is 6.23. The van der Waals surface area contributed by atoms with E-state index in [1.165, 1.54) is 0 Å². The second kappa shape index (κ2) is 12.4. The quantitative estimate of drug-likeness (QED) is 0.230. The third-order valence-corrected chi connectivity index (χ3v) is 9.36. The number of pyridine rings is 1. The van der Waals surface area contributed by atoms with Gasteiger partial charge in [-0.1, -0.05) is 6.07 Å². The predicted molar refractivity (Wildman–Crippen MR) is 166 cm³/mol. The van der Waals surface area contributed by atoms with Gasteiger partial charge in [-0.05, 0) is 81.2 Å². The number of nitrogens with zero attached hydrogens (tertiary/aromatic N) is 4. The van der Waals surface area contributed by atoms with E-state index in [4.69, 9.17) is 9.72 Å². The first-order chi connectivity index (χ1) is 21.9. The van der Waals surface area contributed by atoms with E-state index in [0.29, 0.717) is 18.0 Å². The summed E-state index contributed by atoms with van der Waals surface area (Å²) in [6.45, 7) is 2.32. The van der Waals surface area contributed by atoms with Crippen LogP contribution in [0, 0.1) is 5.92 Å². The molecule has 3 aromatic rings. The van der Waals surface area contributed by atoms with Crippen molar-refractivity contribution in [1.82, 2.24) is 25.0 Å². The number of carbonyl (C=O) groups is 4. The van der Waals surface area contributed by atoms with Crippen LogP contribution in [0.25, 0.3) is 11.3 Å². The van der Waals surface area contributed by atoms with Crippen molar-refractivity contribution in [2.45, 2.75) is 69.5 Å². The summed E-state index contributed by atoms with van der Waals surface area (Å²) in [5.74, 6) is -0.459. The zero-order valence-corrected chi connectivity index (χ0v) is 25.0. The predicted octanol–water partition coefficient (Wildman–Crippen LogP) is 3.78. The van der Waals surface area contributed by atoms with Gasteiger partial charge >= 0.3 is 0 Å². The first kappa shape index (κ1) is 29.1. The van der Waals surface area contributed by atoms with Crippen molar-refractivity contribution in [3.05, 3.63) is 59.9 Å². The van der Waals surface area contributed by atoms with Crippen LogP contribution in [0.4, 0.5) is 11.5 Å². The lowest BCUT2D eigenvalue weighted by molar-refractivity contribution is -0.136. The van der Waals surface area contributed by atoms with Crippen LogP contribution in [-0.2, 0) is 14.3 Å². The number of piperidine rings is 1. The summed E-state index contributed by atoms with van der Waals surface area (Å²) in [7, 11) is 0. The Bertz CT molecular complexity index is 1620. The minimum absolute atomic E-state index is 0.0997. The topological polar surface area (TPSA) is 148 Å². The van der Waals surface area contributed by atoms with Crippen molar-refractivity contribution in [2.24, 2.45) is 5.92 Å². The molecule has 234 valence electrons. The van der Waals surface area contributed by atoms with Crippen LogP contribution in [0.2, 0.25) is 0 Å². The number of ether oxygens (including phenoxy) is 1. The molecule has 7 rings (SSSR count). The van der Waals surface area contributed by atoms with Crippen molar-refractivity contribution >= 4 is 35.1 Å². The highest BCUT2D eigenvalue weighted by Crippen LogP contribution is 2.40. The van der Waals surface area contributed by atoms with E-state index in [0.717, 1.165) is 85.9 Å². The Labute approximate surface area is 260 Å². The number of amides is 4. The summed E-state index contributed by atoms with van der Waals surface area (Å²) >= 11 is 0. The number of carbonyl (C=O) groups excluding carboxylic acids is 4. The molecule has 12 heteroatoms. The van der Waals surface area contributed by atoms with Gasteiger partial charge in [0.05, 0.1) is 29.1 Å². The average molecular weight is 612 g/mol. The highest BCUT2D eigenvalue weighted by Gasteiger charge is 2.44. The van der Waals surface area contributed by atoms with Gasteiger partial charge in [-0.2, -0.15) is 5.10 Å². The Morgan fingerprint density at radius 1 is 0.978 bits per heavy atom. The summed E-state index contributed by atoms with van der Waals surface area (Å²) in [5, 5.41) is 13.8. The van der Waals surface area contributed by atoms with Crippen molar-refractivity contribution in [3.8, 4) is 11.3 Å². The maximum absolute atomic E-state index is 13.1. The van der Waals surface area contributed by atoms with Gasteiger partial charge in [0.1, 0.15) is 11.9 Å². The van der Waals surface area contributed by atoms with Gasteiger partial charge in [-0.25, -0.2) is 4.98 Å². The molecule has 0 radical (unpaired) electrons. The van der Waals surface area contributed by atoms with E-state index in [1.54, 1.807) is 18.2 Å². The molecule has 12 nitrogen and oxygen atoms in total. The second-order valence-corrected chi connectivity index (χ2v) is 12.4. The monoisotopic (exact) mass is 611 g/mol. The maximum Gasteiger partial charge on any atom is 0.262 e. The Balaban J connectivity index is 0.864. The Morgan fingerprint density at radius 2 is 1.80 bits per heavy atom. The lowest BCUT2D eigenvalue weighted by atomic mass is 9.77. The second-order valence-electron chi connectivity index (χ2n) is 12.4. The zero-order valence-electron chi connectivity index (χ0n) is 25.0. The first-order valence-corrected chi connectivity index (χ1v) is 15.9. The first-order valence-electron chi connectivity index (χ1n) is 15.9. The molecule has 1 aliphatic carbocycles. The molecule has 0 bridgehead atoms. The summed E-state index contributed by atoms with van der Waals surface area (Å²) in [6.07, 6.45) is 10.5. The van der Waals surface area contributed by atoms with Gasteiger partial charge in [0, 0.05) is 49.7 Å². The smallest absolute Gasteiger partial charge is 0.262 e. The molecule has 3 N–H and O–H groups in total. The van der Waals surface area contributed by atoms with Crippen LogP contribution < -0.4 is 16.0 Å². The molecule has 3 fully saturated rings. The van der Waals surface area contributed by atoms with Gasteiger partial charge in [0.2, 0.25) is 11.8 Å². The number of anilines is 2. The number of nitrogens with one attached hydrogen (secondary N) is 3. The molecule has 1 aromatic carbocycles. The zero-order chi connectivity index (χ0) is 30.9. The largest absolute Gasteiger partial charge is 0.385 e. The highest BCUT2D eigenvalue weighted by atomic mass is 16.5. The molecular weight excluding hydrogens is 574 g/mol. The molecule has 1 unspecified atom stereocenters. The molecular formula is C33H37N7O5. The molecule has 3 aliphatic heterocycles. The van der Waals surface area contributed by atoms with Crippen LogP contribution in [0.15, 0.2) is 48.8 Å². The third kappa shape index (κ3) is 6.06. The Hall–Kier alpha value is -4.58. The number of hydrogen-bond acceptors (Lipinski definition) is 9. The molecule has 0 spiro atoms. The van der Waals surface area contributed by atoms with Crippen LogP contribution >= 0.6 is 0 Å². The van der Waals surface area contributed by atoms with E-state index < -0.39 is 23.8 Å². The van der Waals surface area contributed by atoms with Gasteiger partial charge in [0.15, 0.2) is 0 Å². The average Bonchev–Trinajstić information content (AvgIpc) is 3.60. The number of fused-ring (bicyclic) bond motifs is 1. The van der Waals surface area contributed by atoms with Crippen molar-refractivity contribution in [2.75, 3.05) is 30.4 Å². The fourth-order valence-corrected chi connectivity index (χ4v) is 6.75. The van der Waals surface area contributed by atoms with Crippen LogP contribution in [0.5, 0.6) is 0 Å². The van der Waals surface area contributed by atoms with E-state index in [-0.39, 0.29) is 29.9 Å². The van der Waals surface area contributed by atoms with Gasteiger partial charge in [-0.15, -0.1) is 0 Å². The summed E-state index contributed by atoms with van der Waals surface area (Å²) < 4.78 is 7.53. The molecule has 4 aliphatic rings. The van der Waals surface area contributed by atoms with Crippen LogP contribution in [0.3, 0.4) is 0 Å². The number of benzene rings is 1. The van der Waals surface area contributed by atoms with E-state index >= 15 is 0 Å². The SMILES string of the molecule is O=C1CCC(N2C(=O)c3ccc(NCCC[C@H]4C[C@H](n5cc(-c6cccc(NC7CCOCC7)n6)cn5)C4)cc3C2=O)C(=O)N1. The molecule has 2 saturated heterocycles. The summed E-state index contributed by atoms with van der Waals surface area (Å²) in [6, 6.07) is 11.0. The molecule has 4 amide bonds. The summed E-state index contributed by atoms with van der Waals surface area (Å²) in [5.41, 5.74) is 3.27. The van der Waals surface area contributed by atoms with Crippen molar-refractivity contribution in [3.63, 3.8) is 0 Å². The van der Waals surface area contributed by atoms with Gasteiger partial charge < -0.3 is 15.4 Å². The van der Waals surface area contributed by atoms with Gasteiger partial charge in [-0.3, -0.25) is 34.1 Å². The number of imide groups is 2. The van der Waals surface area contributed by atoms with Crippen LogP contribution in [-0.4, -0.2) is 75.1 Å². The Morgan fingerprint density at radius 3 is 2.62 bits per heavy atom. The molecule has 5 heterocycles. The van der Waals surface area contributed by atoms with E-state index in [2.05, 4.69) is 31.9 Å². The number of hydrogen-bond donors (Lipinski definition) is 3. The maximum atomic E-state index is 13.1. The Kier molecular flexibility index (Phi) is 8.05. The van der Waals surface area contributed by atoms with Crippen molar-refractivity contribution in [1.29, 1.82) is 0 Å². The molecule has 1 saturated carbocycles.